The molecule has 1 aromatic heterocycles. The standard InChI is InChI=1S/C13H17N3/c1-3-7-13-11(2)14-15-16(13)10-12-8-5-4-6-9-12/h4-6,8-9H,3,7,10H2,1-2H3. The summed E-state index contributed by atoms with van der Waals surface area (Å²) >= 11 is 0. The second-order valence-electron chi connectivity index (χ2n) is 4.01. The lowest BCUT2D eigenvalue weighted by molar-refractivity contribution is 0.613. The number of rotatable bonds is 4. The van der Waals surface area contributed by atoms with Crippen LogP contribution in [0, 0.1) is 6.92 Å². The lowest BCUT2D eigenvalue weighted by Crippen LogP contribution is -2.06. The van der Waals surface area contributed by atoms with Crippen LogP contribution in [-0.4, -0.2) is 15.0 Å². The molecule has 0 unspecified atom stereocenters. The molecule has 2 rings (SSSR count). The van der Waals surface area contributed by atoms with Crippen LogP contribution in [0.25, 0.3) is 0 Å². The van der Waals surface area contributed by atoms with E-state index in [1.54, 1.807) is 0 Å². The molecule has 0 saturated heterocycles. The van der Waals surface area contributed by atoms with Gasteiger partial charge in [0.05, 0.1) is 17.9 Å². The van der Waals surface area contributed by atoms with E-state index in [1.807, 2.05) is 17.7 Å². The maximum atomic E-state index is 4.20. The molecule has 1 aromatic carbocycles. The van der Waals surface area contributed by atoms with Gasteiger partial charge in [0.15, 0.2) is 0 Å². The lowest BCUT2D eigenvalue weighted by atomic mass is 10.2. The van der Waals surface area contributed by atoms with Crippen molar-refractivity contribution in [3.05, 3.63) is 47.3 Å². The van der Waals surface area contributed by atoms with Crippen molar-refractivity contribution < 1.29 is 0 Å². The molecule has 0 saturated carbocycles. The second kappa shape index (κ2) is 4.92. The van der Waals surface area contributed by atoms with E-state index in [4.69, 9.17) is 0 Å². The van der Waals surface area contributed by atoms with Crippen LogP contribution in [-0.2, 0) is 13.0 Å². The van der Waals surface area contributed by atoms with Crippen molar-refractivity contribution in [2.45, 2.75) is 33.2 Å². The number of aryl methyl sites for hydroxylation is 1. The molecule has 0 amide bonds. The molecule has 0 radical (unpaired) electrons. The minimum atomic E-state index is 0.816. The summed E-state index contributed by atoms with van der Waals surface area (Å²) < 4.78 is 2.01. The molecule has 0 N–H and O–H groups in total. The van der Waals surface area contributed by atoms with Gasteiger partial charge in [-0.3, -0.25) is 0 Å². The highest BCUT2D eigenvalue weighted by atomic mass is 15.4. The van der Waals surface area contributed by atoms with Crippen LogP contribution in [0.5, 0.6) is 0 Å². The van der Waals surface area contributed by atoms with Crippen molar-refractivity contribution in [2.24, 2.45) is 0 Å². The Balaban J connectivity index is 2.21. The summed E-state index contributed by atoms with van der Waals surface area (Å²) in [6.07, 6.45) is 2.18. The van der Waals surface area contributed by atoms with Gasteiger partial charge < -0.3 is 0 Å². The van der Waals surface area contributed by atoms with Gasteiger partial charge in [-0.05, 0) is 18.9 Å². The Morgan fingerprint density at radius 3 is 2.62 bits per heavy atom. The third-order valence-electron chi connectivity index (χ3n) is 2.69. The molecule has 0 spiro atoms. The average Bonchev–Trinajstić information content (AvgIpc) is 2.64. The van der Waals surface area contributed by atoms with Crippen molar-refractivity contribution in [3.63, 3.8) is 0 Å². The maximum absolute atomic E-state index is 4.20. The molecule has 2 aromatic rings. The molecule has 0 aliphatic carbocycles. The van der Waals surface area contributed by atoms with Gasteiger partial charge in [0.25, 0.3) is 0 Å². The third kappa shape index (κ3) is 2.30. The maximum Gasteiger partial charge on any atom is 0.0828 e. The molecule has 1 heterocycles. The fraction of sp³-hybridized carbons (Fsp3) is 0.385. The molecule has 0 aliphatic rings. The normalized spacial score (nSPS) is 10.6. The minimum Gasteiger partial charge on any atom is -0.245 e. The molecule has 0 atom stereocenters. The predicted octanol–water partition coefficient (Wildman–Crippen LogP) is 2.59. The van der Waals surface area contributed by atoms with E-state index < -0.39 is 0 Å². The molecule has 84 valence electrons. The highest BCUT2D eigenvalue weighted by molar-refractivity contribution is 5.17. The largest absolute Gasteiger partial charge is 0.245 e. The number of hydrogen-bond donors (Lipinski definition) is 0. The van der Waals surface area contributed by atoms with E-state index in [0.717, 1.165) is 25.1 Å². The van der Waals surface area contributed by atoms with Crippen LogP contribution >= 0.6 is 0 Å². The number of hydrogen-bond acceptors (Lipinski definition) is 2. The van der Waals surface area contributed by atoms with Crippen LogP contribution in [0.4, 0.5) is 0 Å². The Hall–Kier alpha value is -1.64. The van der Waals surface area contributed by atoms with Gasteiger partial charge in [-0.2, -0.15) is 0 Å². The van der Waals surface area contributed by atoms with Gasteiger partial charge in [-0.1, -0.05) is 48.9 Å². The second-order valence-corrected chi connectivity index (χ2v) is 4.01. The van der Waals surface area contributed by atoms with Crippen molar-refractivity contribution in [1.29, 1.82) is 0 Å². The smallest absolute Gasteiger partial charge is 0.0828 e. The van der Waals surface area contributed by atoms with Gasteiger partial charge in [0.1, 0.15) is 0 Å². The Kier molecular flexibility index (Phi) is 3.34. The summed E-state index contributed by atoms with van der Waals surface area (Å²) in [4.78, 5) is 0. The van der Waals surface area contributed by atoms with Crippen molar-refractivity contribution in [3.8, 4) is 0 Å². The van der Waals surface area contributed by atoms with Crippen molar-refractivity contribution in [1.82, 2.24) is 15.0 Å². The summed E-state index contributed by atoms with van der Waals surface area (Å²) in [5.41, 5.74) is 3.58. The van der Waals surface area contributed by atoms with Gasteiger partial charge in [0.2, 0.25) is 0 Å². The molecule has 0 aliphatic heterocycles. The minimum absolute atomic E-state index is 0.816. The lowest BCUT2D eigenvalue weighted by Gasteiger charge is -2.05. The van der Waals surface area contributed by atoms with E-state index in [2.05, 4.69) is 41.5 Å². The average molecular weight is 215 g/mol. The third-order valence-corrected chi connectivity index (χ3v) is 2.69. The highest BCUT2D eigenvalue weighted by Crippen LogP contribution is 2.10. The molecule has 16 heavy (non-hydrogen) atoms. The number of benzene rings is 1. The predicted molar refractivity (Wildman–Crippen MR) is 64.3 cm³/mol. The van der Waals surface area contributed by atoms with Gasteiger partial charge in [0, 0.05) is 0 Å². The quantitative estimate of drug-likeness (QED) is 0.784. The van der Waals surface area contributed by atoms with E-state index in [-0.39, 0.29) is 0 Å². The zero-order valence-electron chi connectivity index (χ0n) is 9.85. The molecule has 0 bridgehead atoms. The van der Waals surface area contributed by atoms with Crippen molar-refractivity contribution in [2.75, 3.05) is 0 Å². The van der Waals surface area contributed by atoms with Crippen LogP contribution in [0.2, 0.25) is 0 Å². The zero-order chi connectivity index (χ0) is 11.4. The topological polar surface area (TPSA) is 30.7 Å². The summed E-state index contributed by atoms with van der Waals surface area (Å²) in [5.74, 6) is 0. The Morgan fingerprint density at radius 2 is 1.94 bits per heavy atom. The van der Waals surface area contributed by atoms with Gasteiger partial charge in [-0.25, -0.2) is 4.68 Å². The number of nitrogens with zero attached hydrogens (tertiary/aromatic N) is 3. The Labute approximate surface area is 96.1 Å². The zero-order valence-corrected chi connectivity index (χ0v) is 9.85. The number of aromatic nitrogens is 3. The monoisotopic (exact) mass is 215 g/mol. The van der Waals surface area contributed by atoms with Gasteiger partial charge in [-0.15, -0.1) is 5.10 Å². The molecular weight excluding hydrogens is 198 g/mol. The Bertz CT molecular complexity index is 445. The van der Waals surface area contributed by atoms with Crippen LogP contribution in [0.3, 0.4) is 0 Å². The van der Waals surface area contributed by atoms with E-state index in [0.29, 0.717) is 0 Å². The molecule has 3 heteroatoms. The summed E-state index contributed by atoms with van der Waals surface area (Å²) in [6, 6.07) is 10.4. The molecule has 0 fully saturated rings. The Morgan fingerprint density at radius 1 is 1.19 bits per heavy atom. The fourth-order valence-electron chi connectivity index (χ4n) is 1.85. The van der Waals surface area contributed by atoms with Crippen LogP contribution < -0.4 is 0 Å². The van der Waals surface area contributed by atoms with E-state index in [9.17, 15) is 0 Å². The van der Waals surface area contributed by atoms with Gasteiger partial charge >= 0.3 is 0 Å². The first-order valence-electron chi connectivity index (χ1n) is 5.74. The fourth-order valence-corrected chi connectivity index (χ4v) is 1.85. The molecular formula is C13H17N3. The first-order chi connectivity index (χ1) is 7.81. The highest BCUT2D eigenvalue weighted by Gasteiger charge is 2.08. The van der Waals surface area contributed by atoms with E-state index in [1.165, 1.54) is 11.3 Å². The van der Waals surface area contributed by atoms with Crippen molar-refractivity contribution >= 4 is 0 Å². The van der Waals surface area contributed by atoms with Crippen LogP contribution in [0.15, 0.2) is 30.3 Å². The first-order valence-corrected chi connectivity index (χ1v) is 5.74. The molecule has 3 nitrogen and oxygen atoms in total. The summed E-state index contributed by atoms with van der Waals surface area (Å²) in [5, 5.41) is 8.34. The van der Waals surface area contributed by atoms with Crippen LogP contribution in [0.1, 0.15) is 30.3 Å². The van der Waals surface area contributed by atoms with E-state index >= 15 is 0 Å². The summed E-state index contributed by atoms with van der Waals surface area (Å²) in [7, 11) is 0. The SMILES string of the molecule is CCCc1c(C)nnn1Cc1ccccc1. The summed E-state index contributed by atoms with van der Waals surface area (Å²) in [6.45, 7) is 5.02. The first kappa shape index (κ1) is 10.9.